The van der Waals surface area contributed by atoms with E-state index < -0.39 is 0 Å². The number of amides is 1. The lowest BCUT2D eigenvalue weighted by Crippen LogP contribution is -2.35. The molecule has 1 saturated heterocycles. The molecule has 2 aromatic heterocycles. The smallest absolute Gasteiger partial charge is 0.222 e. The molecule has 1 amide bonds. The Labute approximate surface area is 133 Å². The van der Waals surface area contributed by atoms with Crippen LogP contribution in [0.15, 0.2) is 0 Å². The molecule has 6 heteroatoms. The Bertz CT molecular complexity index is 754. The average molecular weight is 316 g/mol. The van der Waals surface area contributed by atoms with Gasteiger partial charge < -0.3 is 10.2 Å². The second-order valence-electron chi connectivity index (χ2n) is 6.23. The third kappa shape index (κ3) is 2.17. The third-order valence-electron chi connectivity index (χ3n) is 4.62. The molecule has 1 aliphatic carbocycles. The summed E-state index contributed by atoms with van der Waals surface area (Å²) in [5, 5.41) is 4.20. The van der Waals surface area contributed by atoms with Gasteiger partial charge >= 0.3 is 0 Å². The average Bonchev–Trinajstić information content (AvgIpc) is 2.97. The molecule has 0 aromatic carbocycles. The minimum Gasteiger partial charge on any atom is -0.354 e. The molecular formula is C16H20N4OS. The molecule has 2 aliphatic rings. The Morgan fingerprint density at radius 1 is 1.32 bits per heavy atom. The van der Waals surface area contributed by atoms with Crippen LogP contribution < -0.4 is 10.2 Å². The molecule has 1 aliphatic heterocycles. The zero-order valence-electron chi connectivity index (χ0n) is 13.0. The van der Waals surface area contributed by atoms with E-state index >= 15 is 0 Å². The highest BCUT2D eigenvalue weighted by Crippen LogP contribution is 2.41. The minimum atomic E-state index is 0.132. The van der Waals surface area contributed by atoms with Crippen LogP contribution in [-0.2, 0) is 17.6 Å². The fraction of sp³-hybridized carbons (Fsp3) is 0.562. The predicted molar refractivity (Wildman–Crippen MR) is 88.6 cm³/mol. The van der Waals surface area contributed by atoms with Crippen molar-refractivity contribution in [3.05, 3.63) is 16.3 Å². The van der Waals surface area contributed by atoms with Crippen molar-refractivity contribution < 1.29 is 4.79 Å². The van der Waals surface area contributed by atoms with Crippen molar-refractivity contribution in [1.82, 2.24) is 15.3 Å². The van der Waals surface area contributed by atoms with Crippen molar-refractivity contribution in [2.75, 3.05) is 18.0 Å². The van der Waals surface area contributed by atoms with Gasteiger partial charge in [-0.3, -0.25) is 4.79 Å². The van der Waals surface area contributed by atoms with Gasteiger partial charge in [0.1, 0.15) is 16.5 Å². The second kappa shape index (κ2) is 5.19. The summed E-state index contributed by atoms with van der Waals surface area (Å²) in [6, 6.07) is 0.164. The van der Waals surface area contributed by atoms with Gasteiger partial charge in [-0.2, -0.15) is 0 Å². The van der Waals surface area contributed by atoms with Crippen molar-refractivity contribution in [3.8, 4) is 0 Å². The number of thiophene rings is 1. The first-order chi connectivity index (χ1) is 10.6. The van der Waals surface area contributed by atoms with Gasteiger partial charge in [0.05, 0.1) is 5.39 Å². The zero-order chi connectivity index (χ0) is 15.3. The molecule has 0 saturated carbocycles. The van der Waals surface area contributed by atoms with Gasteiger partial charge in [-0.25, -0.2) is 9.97 Å². The molecule has 4 rings (SSSR count). The molecule has 22 heavy (non-hydrogen) atoms. The number of carbonyl (C=O) groups is 1. The number of hydrogen-bond donors (Lipinski definition) is 1. The lowest BCUT2D eigenvalue weighted by molar-refractivity contribution is -0.120. The maximum Gasteiger partial charge on any atom is 0.222 e. The van der Waals surface area contributed by atoms with Crippen LogP contribution in [0.25, 0.3) is 10.2 Å². The van der Waals surface area contributed by atoms with Crippen molar-refractivity contribution in [2.24, 2.45) is 0 Å². The van der Waals surface area contributed by atoms with E-state index in [0.717, 1.165) is 29.4 Å². The number of nitrogens with one attached hydrogen (secondary N) is 1. The van der Waals surface area contributed by atoms with E-state index in [1.807, 2.05) is 18.3 Å². The number of anilines is 1. The van der Waals surface area contributed by atoms with Crippen molar-refractivity contribution in [2.45, 2.75) is 45.6 Å². The number of aryl methyl sites for hydroxylation is 3. The van der Waals surface area contributed by atoms with Gasteiger partial charge in [0.25, 0.3) is 0 Å². The molecule has 0 unspecified atom stereocenters. The van der Waals surface area contributed by atoms with Crippen LogP contribution >= 0.6 is 11.3 Å². The number of aromatic nitrogens is 2. The predicted octanol–water partition coefficient (Wildman–Crippen LogP) is 2.20. The monoisotopic (exact) mass is 316 g/mol. The first-order valence-corrected chi connectivity index (χ1v) is 8.77. The van der Waals surface area contributed by atoms with Gasteiger partial charge in [-0.1, -0.05) is 0 Å². The summed E-state index contributed by atoms with van der Waals surface area (Å²) in [6.07, 6.45) is 4.06. The summed E-state index contributed by atoms with van der Waals surface area (Å²) >= 11 is 1.83. The number of rotatable bonds is 1. The number of nitrogens with zero attached hydrogens (tertiary/aromatic N) is 3. The largest absolute Gasteiger partial charge is 0.354 e. The number of carbonyl (C=O) groups excluding carboxylic acids is 1. The molecule has 0 bridgehead atoms. The molecule has 5 nitrogen and oxygen atoms in total. The van der Waals surface area contributed by atoms with Crippen LogP contribution in [-0.4, -0.2) is 35.0 Å². The summed E-state index contributed by atoms with van der Waals surface area (Å²) in [4.78, 5) is 26.1. The Balaban J connectivity index is 1.88. The van der Waals surface area contributed by atoms with Crippen LogP contribution in [0.2, 0.25) is 0 Å². The lowest BCUT2D eigenvalue weighted by atomic mass is 10.1. The summed E-state index contributed by atoms with van der Waals surface area (Å²) < 4.78 is 0. The van der Waals surface area contributed by atoms with Crippen LogP contribution in [0.4, 0.5) is 5.82 Å². The van der Waals surface area contributed by atoms with E-state index in [1.54, 1.807) is 0 Å². The van der Waals surface area contributed by atoms with E-state index in [0.29, 0.717) is 13.0 Å². The lowest BCUT2D eigenvalue weighted by Gasteiger charge is -2.28. The van der Waals surface area contributed by atoms with Gasteiger partial charge in [-0.05, 0) is 38.7 Å². The fourth-order valence-electron chi connectivity index (χ4n) is 3.59. The second-order valence-corrected chi connectivity index (χ2v) is 7.31. The minimum absolute atomic E-state index is 0.132. The standard InChI is InChI=1S/C16H20N4OS/c1-9-8-13(21)17-6-7-20(9)15-14-11-4-3-5-12(11)22-16(14)19-10(2)18-15/h9H,3-8H2,1-2H3,(H,17,21)/t9-/m1/s1. The summed E-state index contributed by atoms with van der Waals surface area (Å²) in [5.74, 6) is 1.98. The Kier molecular flexibility index (Phi) is 3.29. The summed E-state index contributed by atoms with van der Waals surface area (Å²) in [6.45, 7) is 5.56. The topological polar surface area (TPSA) is 58.1 Å². The van der Waals surface area contributed by atoms with Crippen molar-refractivity contribution in [1.29, 1.82) is 0 Å². The van der Waals surface area contributed by atoms with Crippen LogP contribution in [0.3, 0.4) is 0 Å². The van der Waals surface area contributed by atoms with E-state index in [4.69, 9.17) is 4.98 Å². The van der Waals surface area contributed by atoms with Crippen molar-refractivity contribution in [3.63, 3.8) is 0 Å². The molecule has 2 aromatic rings. The van der Waals surface area contributed by atoms with Crippen LogP contribution in [0.5, 0.6) is 0 Å². The van der Waals surface area contributed by atoms with Gasteiger partial charge in [0.15, 0.2) is 0 Å². The molecular weight excluding hydrogens is 296 g/mol. The van der Waals surface area contributed by atoms with Crippen molar-refractivity contribution >= 4 is 33.3 Å². The molecule has 116 valence electrons. The maximum absolute atomic E-state index is 11.8. The highest BCUT2D eigenvalue weighted by Gasteiger charge is 2.28. The van der Waals surface area contributed by atoms with E-state index in [9.17, 15) is 4.79 Å². The highest BCUT2D eigenvalue weighted by molar-refractivity contribution is 7.19. The fourth-order valence-corrected chi connectivity index (χ4v) is 4.89. The first kappa shape index (κ1) is 13.9. The van der Waals surface area contributed by atoms with Gasteiger partial charge in [0.2, 0.25) is 5.91 Å². The normalized spacial score (nSPS) is 21.8. The quantitative estimate of drug-likeness (QED) is 0.876. The molecule has 0 spiro atoms. The molecule has 1 N–H and O–H groups in total. The molecule has 1 atom stereocenters. The highest BCUT2D eigenvalue weighted by atomic mass is 32.1. The Hall–Kier alpha value is -1.69. The van der Waals surface area contributed by atoms with E-state index in [1.165, 1.54) is 28.7 Å². The SMILES string of the molecule is Cc1nc(N2CCNC(=O)C[C@H]2C)c2c3c(sc2n1)CCC3. The molecule has 1 fully saturated rings. The van der Waals surface area contributed by atoms with E-state index in [2.05, 4.69) is 22.1 Å². The van der Waals surface area contributed by atoms with E-state index in [-0.39, 0.29) is 11.9 Å². The number of fused-ring (bicyclic) bond motifs is 3. The van der Waals surface area contributed by atoms with Gasteiger partial charge in [0, 0.05) is 30.4 Å². The number of hydrogen-bond acceptors (Lipinski definition) is 5. The summed E-state index contributed by atoms with van der Waals surface area (Å²) in [5.41, 5.74) is 1.45. The third-order valence-corrected chi connectivity index (χ3v) is 5.80. The Morgan fingerprint density at radius 3 is 3.05 bits per heavy atom. The Morgan fingerprint density at radius 2 is 2.18 bits per heavy atom. The summed E-state index contributed by atoms with van der Waals surface area (Å²) in [7, 11) is 0. The molecule has 0 radical (unpaired) electrons. The van der Waals surface area contributed by atoms with Gasteiger partial charge in [-0.15, -0.1) is 11.3 Å². The molecule has 3 heterocycles. The first-order valence-electron chi connectivity index (χ1n) is 7.95. The zero-order valence-corrected chi connectivity index (χ0v) is 13.8. The van der Waals surface area contributed by atoms with Crippen LogP contribution in [0, 0.1) is 6.92 Å². The maximum atomic E-state index is 11.8. The van der Waals surface area contributed by atoms with Crippen LogP contribution in [0.1, 0.15) is 36.0 Å².